The van der Waals surface area contributed by atoms with Gasteiger partial charge in [-0.05, 0) is 38.5 Å². The highest BCUT2D eigenvalue weighted by atomic mass is 16.4. The Morgan fingerprint density at radius 3 is 1.95 bits per heavy atom. The van der Waals surface area contributed by atoms with Gasteiger partial charge >= 0.3 is 5.97 Å². The maximum absolute atomic E-state index is 10.3. The van der Waals surface area contributed by atoms with Gasteiger partial charge in [-0.25, -0.2) is 0 Å². The second-order valence-corrected chi connectivity index (χ2v) is 5.37. The summed E-state index contributed by atoms with van der Waals surface area (Å²) < 4.78 is 0. The summed E-state index contributed by atoms with van der Waals surface area (Å²) in [7, 11) is 0. The third kappa shape index (κ3) is 16.9. The zero-order valence-electron chi connectivity index (χ0n) is 13.2. The Balaban J connectivity index is 3.17. The van der Waals surface area contributed by atoms with Crippen molar-refractivity contribution in [3.05, 3.63) is 24.3 Å². The van der Waals surface area contributed by atoms with Gasteiger partial charge in [0.05, 0.1) is 0 Å². The molecule has 2 heteroatoms. The van der Waals surface area contributed by atoms with Gasteiger partial charge < -0.3 is 5.11 Å². The molecular weight excluding hydrogens is 248 g/mol. The van der Waals surface area contributed by atoms with Gasteiger partial charge in [-0.1, -0.05) is 63.3 Å². The molecular formula is C18H32O2. The molecule has 0 radical (unpaired) electrons. The van der Waals surface area contributed by atoms with Gasteiger partial charge in [0.25, 0.3) is 0 Å². The van der Waals surface area contributed by atoms with Crippen LogP contribution in [0.5, 0.6) is 0 Å². The number of aliphatic carboxylic acids is 1. The quantitative estimate of drug-likeness (QED) is 0.318. The van der Waals surface area contributed by atoms with Crippen LogP contribution in [-0.2, 0) is 4.79 Å². The summed E-state index contributed by atoms with van der Waals surface area (Å²) in [4.78, 5) is 10.3. The van der Waals surface area contributed by atoms with Crippen molar-refractivity contribution in [3.63, 3.8) is 0 Å². The Morgan fingerprint density at radius 1 is 0.800 bits per heavy atom. The molecule has 0 aromatic carbocycles. The van der Waals surface area contributed by atoms with Crippen LogP contribution in [0.3, 0.4) is 0 Å². The monoisotopic (exact) mass is 280 g/mol. The summed E-state index contributed by atoms with van der Waals surface area (Å²) in [5.41, 5.74) is 0. The van der Waals surface area contributed by atoms with Crippen LogP contribution >= 0.6 is 0 Å². The average Bonchev–Trinajstić information content (AvgIpc) is 2.43. The Kier molecular flexibility index (Phi) is 15.2. The van der Waals surface area contributed by atoms with Gasteiger partial charge in [-0.3, -0.25) is 4.79 Å². The SMILES string of the molecule is CCCCC/C=C/CC=CCCCCCCCC(=O)O. The van der Waals surface area contributed by atoms with Crippen LogP contribution in [0.25, 0.3) is 0 Å². The minimum atomic E-state index is -0.671. The van der Waals surface area contributed by atoms with Crippen LogP contribution < -0.4 is 0 Å². The average molecular weight is 280 g/mol. The first-order chi connectivity index (χ1) is 9.77. The van der Waals surface area contributed by atoms with Crippen LogP contribution in [0, 0.1) is 0 Å². The second kappa shape index (κ2) is 16.0. The topological polar surface area (TPSA) is 37.3 Å². The molecule has 0 amide bonds. The number of carbonyl (C=O) groups is 1. The molecule has 0 bridgehead atoms. The summed E-state index contributed by atoms with van der Waals surface area (Å²) in [5.74, 6) is -0.671. The van der Waals surface area contributed by atoms with E-state index < -0.39 is 5.97 Å². The zero-order chi connectivity index (χ0) is 14.9. The van der Waals surface area contributed by atoms with Gasteiger partial charge in [-0.2, -0.15) is 0 Å². The molecule has 0 aliphatic heterocycles. The Morgan fingerprint density at radius 2 is 1.35 bits per heavy atom. The van der Waals surface area contributed by atoms with Gasteiger partial charge in [-0.15, -0.1) is 0 Å². The number of carboxylic acids is 1. The van der Waals surface area contributed by atoms with Crippen molar-refractivity contribution >= 4 is 5.97 Å². The fourth-order valence-electron chi connectivity index (χ4n) is 2.09. The molecule has 0 aliphatic rings. The van der Waals surface area contributed by atoms with E-state index in [1.54, 1.807) is 0 Å². The lowest BCUT2D eigenvalue weighted by atomic mass is 10.1. The largest absolute Gasteiger partial charge is 0.481 e. The van der Waals surface area contributed by atoms with Gasteiger partial charge in [0.1, 0.15) is 0 Å². The molecule has 0 saturated heterocycles. The van der Waals surface area contributed by atoms with Crippen molar-refractivity contribution in [3.8, 4) is 0 Å². The first kappa shape index (κ1) is 18.9. The van der Waals surface area contributed by atoms with Crippen molar-refractivity contribution in [2.75, 3.05) is 0 Å². The number of hydrogen-bond donors (Lipinski definition) is 1. The molecule has 0 saturated carbocycles. The third-order valence-electron chi connectivity index (χ3n) is 3.34. The van der Waals surface area contributed by atoms with Crippen molar-refractivity contribution in [1.29, 1.82) is 0 Å². The number of hydrogen-bond acceptors (Lipinski definition) is 1. The molecule has 0 atom stereocenters. The predicted octanol–water partition coefficient (Wildman–Crippen LogP) is 5.88. The Labute approximate surface area is 125 Å². The maximum Gasteiger partial charge on any atom is 0.303 e. The molecule has 0 spiro atoms. The summed E-state index contributed by atoms with van der Waals surface area (Å²) in [6.45, 7) is 2.23. The molecule has 0 aliphatic carbocycles. The molecule has 0 aromatic heterocycles. The first-order valence-electron chi connectivity index (χ1n) is 8.29. The number of unbranched alkanes of at least 4 members (excludes halogenated alkanes) is 8. The molecule has 0 unspecified atom stereocenters. The van der Waals surface area contributed by atoms with E-state index in [2.05, 4.69) is 31.2 Å². The van der Waals surface area contributed by atoms with E-state index in [4.69, 9.17) is 5.11 Å². The lowest BCUT2D eigenvalue weighted by Crippen LogP contribution is -1.93. The highest BCUT2D eigenvalue weighted by Crippen LogP contribution is 2.08. The van der Waals surface area contributed by atoms with Crippen LogP contribution in [0.2, 0.25) is 0 Å². The normalized spacial score (nSPS) is 11.7. The molecule has 0 rings (SSSR count). The third-order valence-corrected chi connectivity index (χ3v) is 3.34. The molecule has 1 N–H and O–H groups in total. The van der Waals surface area contributed by atoms with Crippen molar-refractivity contribution < 1.29 is 9.90 Å². The summed E-state index contributed by atoms with van der Waals surface area (Å²) in [6.07, 6.45) is 22.3. The molecule has 0 fully saturated rings. The van der Waals surface area contributed by atoms with Gasteiger partial charge in [0, 0.05) is 6.42 Å². The van der Waals surface area contributed by atoms with E-state index in [9.17, 15) is 4.79 Å². The van der Waals surface area contributed by atoms with E-state index in [0.29, 0.717) is 6.42 Å². The smallest absolute Gasteiger partial charge is 0.303 e. The van der Waals surface area contributed by atoms with Crippen LogP contribution in [0.4, 0.5) is 0 Å². The van der Waals surface area contributed by atoms with E-state index in [-0.39, 0.29) is 0 Å². The van der Waals surface area contributed by atoms with Crippen LogP contribution in [-0.4, -0.2) is 11.1 Å². The van der Waals surface area contributed by atoms with Gasteiger partial charge in [0.2, 0.25) is 0 Å². The second-order valence-electron chi connectivity index (χ2n) is 5.37. The van der Waals surface area contributed by atoms with Gasteiger partial charge in [0.15, 0.2) is 0 Å². The van der Waals surface area contributed by atoms with Crippen LogP contribution in [0.15, 0.2) is 24.3 Å². The van der Waals surface area contributed by atoms with E-state index >= 15 is 0 Å². The van der Waals surface area contributed by atoms with Crippen molar-refractivity contribution in [2.45, 2.75) is 84.0 Å². The fourth-order valence-corrected chi connectivity index (χ4v) is 2.09. The lowest BCUT2D eigenvalue weighted by molar-refractivity contribution is -0.137. The standard InChI is InChI=1S/C18H32O2/c1-2-3-4-5-6-7-8-9-10-11-12-13-14-15-16-17-18(19)20/h6-7,9-10H,2-5,8,11-17H2,1H3,(H,19,20)/b7-6+,10-9?. The van der Waals surface area contributed by atoms with E-state index in [1.807, 2.05) is 0 Å². The predicted molar refractivity (Wildman–Crippen MR) is 87.0 cm³/mol. The highest BCUT2D eigenvalue weighted by Gasteiger charge is 1.95. The van der Waals surface area contributed by atoms with E-state index in [1.165, 1.54) is 44.9 Å². The molecule has 20 heavy (non-hydrogen) atoms. The Bertz CT molecular complexity index is 267. The Hall–Kier alpha value is -1.05. The number of carboxylic acid groups (broad SMARTS) is 1. The number of allylic oxidation sites excluding steroid dienone is 4. The summed E-state index contributed by atoms with van der Waals surface area (Å²) >= 11 is 0. The molecule has 116 valence electrons. The minimum Gasteiger partial charge on any atom is -0.481 e. The summed E-state index contributed by atoms with van der Waals surface area (Å²) in [6, 6.07) is 0. The minimum absolute atomic E-state index is 0.324. The maximum atomic E-state index is 10.3. The fraction of sp³-hybridized carbons (Fsp3) is 0.722. The lowest BCUT2D eigenvalue weighted by Gasteiger charge is -1.98. The first-order valence-corrected chi connectivity index (χ1v) is 8.29. The zero-order valence-corrected chi connectivity index (χ0v) is 13.2. The molecule has 2 nitrogen and oxygen atoms in total. The summed E-state index contributed by atoms with van der Waals surface area (Å²) in [5, 5.41) is 8.50. The highest BCUT2D eigenvalue weighted by molar-refractivity contribution is 5.66. The van der Waals surface area contributed by atoms with Crippen molar-refractivity contribution in [2.24, 2.45) is 0 Å². The number of rotatable bonds is 14. The van der Waals surface area contributed by atoms with Crippen molar-refractivity contribution in [1.82, 2.24) is 0 Å². The molecule has 0 aromatic rings. The van der Waals surface area contributed by atoms with E-state index in [0.717, 1.165) is 25.7 Å². The molecule has 0 heterocycles. The van der Waals surface area contributed by atoms with Crippen LogP contribution in [0.1, 0.15) is 84.0 Å².